The molecule has 0 saturated heterocycles. The lowest BCUT2D eigenvalue weighted by Crippen LogP contribution is -1.89. The Labute approximate surface area is 144 Å². The fraction of sp³-hybridized carbons (Fsp3) is 0.391. The summed E-state index contributed by atoms with van der Waals surface area (Å²) >= 11 is 0. The van der Waals surface area contributed by atoms with Crippen molar-refractivity contribution in [3.8, 4) is 11.1 Å². The van der Waals surface area contributed by atoms with Crippen LogP contribution in [0.2, 0.25) is 0 Å². The van der Waals surface area contributed by atoms with Gasteiger partial charge in [0.15, 0.2) is 0 Å². The Morgan fingerprint density at radius 2 is 0.913 bits per heavy atom. The van der Waals surface area contributed by atoms with Crippen molar-refractivity contribution in [2.75, 3.05) is 0 Å². The van der Waals surface area contributed by atoms with E-state index in [0.717, 1.165) is 6.42 Å². The molecular formula is C23H34. The van der Waals surface area contributed by atoms with E-state index in [1.165, 1.54) is 44.5 Å². The average Bonchev–Trinajstić information content (AvgIpc) is 2.91. The van der Waals surface area contributed by atoms with E-state index in [-0.39, 0.29) is 0 Å². The zero-order chi connectivity index (χ0) is 18.2. The van der Waals surface area contributed by atoms with Crippen molar-refractivity contribution in [3.05, 3.63) is 70.8 Å². The van der Waals surface area contributed by atoms with E-state index in [4.69, 9.17) is 0 Å². The molecule has 2 aromatic carbocycles. The van der Waals surface area contributed by atoms with E-state index < -0.39 is 0 Å². The molecule has 23 heavy (non-hydrogen) atoms. The molecule has 0 radical (unpaired) electrons. The Morgan fingerprint density at radius 1 is 0.609 bits per heavy atom. The average molecular weight is 311 g/mol. The Morgan fingerprint density at radius 3 is 1.22 bits per heavy atom. The van der Waals surface area contributed by atoms with Crippen molar-refractivity contribution in [2.45, 2.75) is 61.8 Å². The summed E-state index contributed by atoms with van der Waals surface area (Å²) in [6.45, 7) is 22.9. The van der Waals surface area contributed by atoms with Crippen LogP contribution in [0, 0.1) is 27.7 Å². The fourth-order valence-electron chi connectivity index (χ4n) is 3.31. The summed E-state index contributed by atoms with van der Waals surface area (Å²) in [7, 11) is 0. The number of rotatable bonds is 0. The van der Waals surface area contributed by atoms with E-state index in [2.05, 4.69) is 65.1 Å². The van der Waals surface area contributed by atoms with Crippen molar-refractivity contribution in [3.63, 3.8) is 0 Å². The predicted molar refractivity (Wildman–Crippen MR) is 108 cm³/mol. The number of benzene rings is 2. The molecule has 0 saturated carbocycles. The molecule has 0 nitrogen and oxygen atoms in total. The van der Waals surface area contributed by atoms with Crippen LogP contribution in [0.4, 0.5) is 0 Å². The van der Waals surface area contributed by atoms with Gasteiger partial charge in [0.25, 0.3) is 0 Å². The highest BCUT2D eigenvalue weighted by Gasteiger charge is 2.22. The van der Waals surface area contributed by atoms with Gasteiger partial charge in [-0.1, -0.05) is 63.1 Å². The second-order valence-electron chi connectivity index (χ2n) is 5.41. The first-order valence-corrected chi connectivity index (χ1v) is 8.77. The number of hydrogen-bond acceptors (Lipinski definition) is 0. The maximum atomic E-state index is 3.00. The highest BCUT2D eigenvalue weighted by Crippen LogP contribution is 2.41. The molecule has 0 bridgehead atoms. The predicted octanol–water partition coefficient (Wildman–Crippen LogP) is 7.35. The molecule has 0 heterocycles. The van der Waals surface area contributed by atoms with Crippen molar-refractivity contribution >= 4 is 0 Å². The summed E-state index contributed by atoms with van der Waals surface area (Å²) in [5.41, 5.74) is 11.6. The fourth-order valence-corrected chi connectivity index (χ4v) is 3.31. The highest BCUT2D eigenvalue weighted by atomic mass is 14.3. The van der Waals surface area contributed by atoms with Gasteiger partial charge in [-0.2, -0.15) is 0 Å². The van der Waals surface area contributed by atoms with Gasteiger partial charge in [0, 0.05) is 0 Å². The molecule has 0 heteroatoms. The number of fused-ring (bicyclic) bond motifs is 3. The molecule has 126 valence electrons. The maximum Gasteiger partial charge on any atom is -0.00131 e. The van der Waals surface area contributed by atoms with Gasteiger partial charge in [0.1, 0.15) is 0 Å². The Bertz CT molecular complexity index is 577. The van der Waals surface area contributed by atoms with Crippen LogP contribution in [0.3, 0.4) is 0 Å². The molecule has 0 aromatic heterocycles. The Hall–Kier alpha value is -1.82. The first-order valence-electron chi connectivity index (χ1n) is 8.77. The van der Waals surface area contributed by atoms with Crippen LogP contribution in [0.15, 0.2) is 37.4 Å². The lowest BCUT2D eigenvalue weighted by atomic mass is 9.94. The van der Waals surface area contributed by atoms with Crippen molar-refractivity contribution < 1.29 is 0 Å². The summed E-state index contributed by atoms with van der Waals surface area (Å²) in [5.74, 6) is 0. The third-order valence-electron chi connectivity index (χ3n) is 3.75. The molecule has 0 atom stereocenters. The quantitative estimate of drug-likeness (QED) is 0.381. The standard InChI is InChI=1S/C17H18.2C2H6.C2H4/c1-10-5-12(3)16-14(7-10)9-15-8-11(2)6-13(4)17(15)16;3*1-2/h5-8H,9H2,1-4H3;2*1-2H3;1-2H2. The van der Waals surface area contributed by atoms with Gasteiger partial charge in [-0.3, -0.25) is 0 Å². The first kappa shape index (κ1) is 21.2. The van der Waals surface area contributed by atoms with E-state index in [1.54, 1.807) is 0 Å². The molecule has 0 spiro atoms. The third kappa shape index (κ3) is 4.58. The van der Waals surface area contributed by atoms with Gasteiger partial charge in [-0.15, -0.1) is 13.2 Å². The Balaban J connectivity index is 0.000000728. The minimum atomic E-state index is 1.11. The molecule has 3 rings (SSSR count). The molecule has 0 fully saturated rings. The zero-order valence-electron chi connectivity index (χ0n) is 16.4. The molecule has 0 N–H and O–H groups in total. The van der Waals surface area contributed by atoms with Crippen LogP contribution >= 0.6 is 0 Å². The SMILES string of the molecule is C=C.CC.CC.Cc1cc(C)c2c(c1)Cc1cc(C)cc(C)c1-2. The summed E-state index contributed by atoms with van der Waals surface area (Å²) in [6, 6.07) is 9.29. The summed E-state index contributed by atoms with van der Waals surface area (Å²) in [6.07, 6.45) is 1.11. The van der Waals surface area contributed by atoms with Gasteiger partial charge >= 0.3 is 0 Å². The monoisotopic (exact) mass is 310 g/mol. The normalized spacial score (nSPS) is 9.91. The second-order valence-corrected chi connectivity index (χ2v) is 5.41. The van der Waals surface area contributed by atoms with Crippen molar-refractivity contribution in [1.82, 2.24) is 0 Å². The van der Waals surface area contributed by atoms with E-state index in [1.807, 2.05) is 27.7 Å². The van der Waals surface area contributed by atoms with E-state index in [0.29, 0.717) is 0 Å². The van der Waals surface area contributed by atoms with Gasteiger partial charge in [0.2, 0.25) is 0 Å². The molecule has 0 amide bonds. The van der Waals surface area contributed by atoms with E-state index >= 15 is 0 Å². The van der Waals surface area contributed by atoms with Crippen molar-refractivity contribution in [1.29, 1.82) is 0 Å². The molecular weight excluding hydrogens is 276 g/mol. The van der Waals surface area contributed by atoms with Crippen LogP contribution in [0.1, 0.15) is 61.1 Å². The van der Waals surface area contributed by atoms with Crippen LogP contribution in [-0.4, -0.2) is 0 Å². The van der Waals surface area contributed by atoms with Gasteiger partial charge < -0.3 is 0 Å². The summed E-state index contributed by atoms with van der Waals surface area (Å²) in [5, 5.41) is 0. The van der Waals surface area contributed by atoms with Gasteiger partial charge in [-0.05, 0) is 67.5 Å². The number of aryl methyl sites for hydroxylation is 4. The maximum absolute atomic E-state index is 3.00. The molecule has 2 aromatic rings. The van der Waals surface area contributed by atoms with Gasteiger partial charge in [0.05, 0.1) is 0 Å². The topological polar surface area (TPSA) is 0 Å². The van der Waals surface area contributed by atoms with Crippen LogP contribution in [0.25, 0.3) is 11.1 Å². The smallest absolute Gasteiger partial charge is 0.00131 e. The minimum Gasteiger partial charge on any atom is -0.106 e. The second kappa shape index (κ2) is 10.0. The molecule has 1 aliphatic rings. The van der Waals surface area contributed by atoms with E-state index in [9.17, 15) is 0 Å². The summed E-state index contributed by atoms with van der Waals surface area (Å²) in [4.78, 5) is 0. The molecule has 1 aliphatic carbocycles. The molecule has 0 unspecified atom stereocenters. The lowest BCUT2D eigenvalue weighted by Gasteiger charge is -2.10. The van der Waals surface area contributed by atoms with Crippen LogP contribution in [-0.2, 0) is 6.42 Å². The molecule has 0 aliphatic heterocycles. The Kier molecular flexibility index (Phi) is 9.25. The van der Waals surface area contributed by atoms with Gasteiger partial charge in [-0.25, -0.2) is 0 Å². The number of hydrogen-bond donors (Lipinski definition) is 0. The minimum absolute atomic E-state index is 1.11. The first-order chi connectivity index (χ1) is 11.1. The largest absolute Gasteiger partial charge is 0.106 e. The lowest BCUT2D eigenvalue weighted by molar-refractivity contribution is 1.22. The highest BCUT2D eigenvalue weighted by molar-refractivity contribution is 5.82. The summed E-state index contributed by atoms with van der Waals surface area (Å²) < 4.78 is 0. The van der Waals surface area contributed by atoms with Crippen LogP contribution in [0.5, 0.6) is 0 Å². The van der Waals surface area contributed by atoms with Crippen molar-refractivity contribution in [2.24, 2.45) is 0 Å². The zero-order valence-corrected chi connectivity index (χ0v) is 16.4. The van der Waals surface area contributed by atoms with Crippen LogP contribution < -0.4 is 0 Å². The third-order valence-corrected chi connectivity index (χ3v) is 3.75.